The Morgan fingerprint density at radius 2 is 2.16 bits per heavy atom. The van der Waals surface area contributed by atoms with Crippen LogP contribution >= 0.6 is 22.6 Å². The first kappa shape index (κ1) is 13.5. The number of aromatic nitrogens is 2. The van der Waals surface area contributed by atoms with Gasteiger partial charge in [0.1, 0.15) is 11.6 Å². The van der Waals surface area contributed by atoms with E-state index in [1.54, 1.807) is 0 Å². The molecule has 1 aromatic rings. The molecule has 0 aromatic carbocycles. The lowest BCUT2D eigenvalue weighted by atomic mass is 10.0. The standard InChI is InChI=1S/C14H20IN3O/c1-2-16-14-12(15)13(10-3-4-10)17-11(18-14)7-9-5-6-19-8-9/h9-10H,2-8H2,1H3,(H,16,17,18). The molecule has 5 heteroatoms. The van der Waals surface area contributed by atoms with Crippen molar-refractivity contribution >= 4 is 28.4 Å². The van der Waals surface area contributed by atoms with Crippen LogP contribution in [0.5, 0.6) is 0 Å². The summed E-state index contributed by atoms with van der Waals surface area (Å²) in [4.78, 5) is 9.54. The summed E-state index contributed by atoms with van der Waals surface area (Å²) in [6.07, 6.45) is 4.66. The summed E-state index contributed by atoms with van der Waals surface area (Å²) in [5, 5.41) is 3.37. The predicted octanol–water partition coefficient (Wildman–Crippen LogP) is 2.97. The molecule has 19 heavy (non-hydrogen) atoms. The lowest BCUT2D eigenvalue weighted by Crippen LogP contribution is -2.13. The van der Waals surface area contributed by atoms with Crippen LogP contribution in [-0.2, 0) is 11.2 Å². The molecule has 1 aliphatic heterocycles. The number of anilines is 1. The Morgan fingerprint density at radius 3 is 2.79 bits per heavy atom. The normalized spacial score (nSPS) is 22.7. The first-order chi connectivity index (χ1) is 9.28. The van der Waals surface area contributed by atoms with E-state index in [1.165, 1.54) is 22.1 Å². The maximum atomic E-state index is 5.45. The fourth-order valence-electron chi connectivity index (χ4n) is 2.52. The molecule has 2 aliphatic rings. The highest BCUT2D eigenvalue weighted by molar-refractivity contribution is 14.1. The molecular formula is C14H20IN3O. The zero-order chi connectivity index (χ0) is 13.2. The summed E-state index contributed by atoms with van der Waals surface area (Å²) >= 11 is 2.39. The molecule has 1 atom stereocenters. The highest BCUT2D eigenvalue weighted by Gasteiger charge is 2.30. The molecule has 1 saturated carbocycles. The molecule has 3 rings (SSSR count). The molecule has 1 unspecified atom stereocenters. The Hall–Kier alpha value is -0.430. The average molecular weight is 373 g/mol. The van der Waals surface area contributed by atoms with E-state index in [2.05, 4.69) is 34.8 Å². The second kappa shape index (κ2) is 5.91. The van der Waals surface area contributed by atoms with E-state index in [1.807, 2.05) is 0 Å². The fourth-order valence-corrected chi connectivity index (χ4v) is 3.39. The molecule has 0 bridgehead atoms. The summed E-state index contributed by atoms with van der Waals surface area (Å²) in [6, 6.07) is 0. The minimum Gasteiger partial charge on any atom is -0.381 e. The summed E-state index contributed by atoms with van der Waals surface area (Å²) in [5.74, 6) is 3.29. The molecule has 1 N–H and O–H groups in total. The lowest BCUT2D eigenvalue weighted by Gasteiger charge is -2.13. The van der Waals surface area contributed by atoms with Crippen molar-refractivity contribution in [2.24, 2.45) is 5.92 Å². The number of ether oxygens (including phenoxy) is 1. The van der Waals surface area contributed by atoms with Gasteiger partial charge in [0.2, 0.25) is 0 Å². The predicted molar refractivity (Wildman–Crippen MR) is 83.5 cm³/mol. The molecule has 0 spiro atoms. The number of hydrogen-bond donors (Lipinski definition) is 1. The van der Waals surface area contributed by atoms with Gasteiger partial charge in [0.25, 0.3) is 0 Å². The maximum absolute atomic E-state index is 5.45. The average Bonchev–Trinajstić information content (AvgIpc) is 3.12. The van der Waals surface area contributed by atoms with Gasteiger partial charge in [0.05, 0.1) is 9.26 Å². The number of rotatable bonds is 5. The van der Waals surface area contributed by atoms with Crippen LogP contribution < -0.4 is 5.32 Å². The maximum Gasteiger partial charge on any atom is 0.143 e. The minimum atomic E-state index is 0.599. The quantitative estimate of drug-likeness (QED) is 0.807. The van der Waals surface area contributed by atoms with Crippen molar-refractivity contribution in [1.82, 2.24) is 9.97 Å². The van der Waals surface area contributed by atoms with Gasteiger partial charge in [-0.2, -0.15) is 0 Å². The van der Waals surface area contributed by atoms with Crippen molar-refractivity contribution in [2.75, 3.05) is 25.1 Å². The Labute approximate surface area is 127 Å². The topological polar surface area (TPSA) is 47.0 Å². The van der Waals surface area contributed by atoms with Crippen LogP contribution in [0.3, 0.4) is 0 Å². The molecule has 1 aromatic heterocycles. The third-order valence-electron chi connectivity index (χ3n) is 3.73. The Morgan fingerprint density at radius 1 is 1.32 bits per heavy atom. The zero-order valence-corrected chi connectivity index (χ0v) is 13.4. The van der Waals surface area contributed by atoms with Gasteiger partial charge in [-0.05, 0) is 54.7 Å². The van der Waals surface area contributed by atoms with Gasteiger partial charge < -0.3 is 10.1 Å². The first-order valence-corrected chi connectivity index (χ1v) is 8.23. The zero-order valence-electron chi connectivity index (χ0n) is 11.3. The number of halogens is 1. The molecule has 1 saturated heterocycles. The summed E-state index contributed by atoms with van der Waals surface area (Å²) in [6.45, 7) is 4.78. The SMILES string of the molecule is CCNc1nc(CC2CCOC2)nc(C2CC2)c1I. The van der Waals surface area contributed by atoms with Gasteiger partial charge in [-0.1, -0.05) is 0 Å². The van der Waals surface area contributed by atoms with Crippen molar-refractivity contribution < 1.29 is 4.74 Å². The van der Waals surface area contributed by atoms with E-state index in [-0.39, 0.29) is 0 Å². The van der Waals surface area contributed by atoms with E-state index in [4.69, 9.17) is 14.7 Å². The smallest absolute Gasteiger partial charge is 0.143 e. The highest BCUT2D eigenvalue weighted by Crippen LogP contribution is 2.42. The van der Waals surface area contributed by atoms with Crippen molar-refractivity contribution in [1.29, 1.82) is 0 Å². The van der Waals surface area contributed by atoms with Gasteiger partial charge in [0.15, 0.2) is 0 Å². The molecular weight excluding hydrogens is 353 g/mol. The molecule has 2 heterocycles. The highest BCUT2D eigenvalue weighted by atomic mass is 127. The second-order valence-corrected chi connectivity index (χ2v) is 6.50. The van der Waals surface area contributed by atoms with Gasteiger partial charge in [-0.15, -0.1) is 0 Å². The lowest BCUT2D eigenvalue weighted by molar-refractivity contribution is 0.185. The molecule has 4 nitrogen and oxygen atoms in total. The van der Waals surface area contributed by atoms with E-state index in [0.29, 0.717) is 11.8 Å². The molecule has 0 radical (unpaired) electrons. The second-order valence-electron chi connectivity index (χ2n) is 5.43. The van der Waals surface area contributed by atoms with Crippen molar-refractivity contribution in [3.8, 4) is 0 Å². The van der Waals surface area contributed by atoms with Crippen LogP contribution in [0.4, 0.5) is 5.82 Å². The van der Waals surface area contributed by atoms with Crippen LogP contribution in [0.25, 0.3) is 0 Å². The summed E-state index contributed by atoms with van der Waals surface area (Å²) < 4.78 is 6.66. The monoisotopic (exact) mass is 373 g/mol. The minimum absolute atomic E-state index is 0.599. The molecule has 2 fully saturated rings. The molecule has 0 amide bonds. The number of nitrogens with zero attached hydrogens (tertiary/aromatic N) is 2. The van der Waals surface area contributed by atoms with Crippen LogP contribution in [0, 0.1) is 9.49 Å². The van der Waals surface area contributed by atoms with E-state index in [9.17, 15) is 0 Å². The van der Waals surface area contributed by atoms with Gasteiger partial charge in [-0.25, -0.2) is 9.97 Å². The Bertz CT molecular complexity index is 456. The van der Waals surface area contributed by atoms with Gasteiger partial charge >= 0.3 is 0 Å². The van der Waals surface area contributed by atoms with E-state index in [0.717, 1.165) is 44.2 Å². The van der Waals surface area contributed by atoms with Crippen LogP contribution in [0.1, 0.15) is 43.6 Å². The third-order valence-corrected chi connectivity index (χ3v) is 4.79. The Kier molecular flexibility index (Phi) is 4.21. The van der Waals surface area contributed by atoms with Crippen molar-refractivity contribution in [2.45, 2.75) is 38.5 Å². The van der Waals surface area contributed by atoms with Crippen LogP contribution in [0.15, 0.2) is 0 Å². The Balaban J connectivity index is 1.85. The van der Waals surface area contributed by atoms with Crippen molar-refractivity contribution in [3.63, 3.8) is 0 Å². The summed E-state index contributed by atoms with van der Waals surface area (Å²) in [7, 11) is 0. The van der Waals surface area contributed by atoms with Gasteiger partial charge in [-0.3, -0.25) is 0 Å². The third kappa shape index (κ3) is 3.18. The molecule has 1 aliphatic carbocycles. The van der Waals surface area contributed by atoms with Crippen molar-refractivity contribution in [3.05, 3.63) is 15.1 Å². The largest absolute Gasteiger partial charge is 0.381 e. The summed E-state index contributed by atoms with van der Waals surface area (Å²) in [5.41, 5.74) is 1.26. The van der Waals surface area contributed by atoms with E-state index < -0.39 is 0 Å². The van der Waals surface area contributed by atoms with Gasteiger partial charge in [0, 0.05) is 32.1 Å². The molecule has 104 valence electrons. The van der Waals surface area contributed by atoms with E-state index >= 15 is 0 Å². The van der Waals surface area contributed by atoms with Crippen LogP contribution in [-0.4, -0.2) is 29.7 Å². The first-order valence-electron chi connectivity index (χ1n) is 7.15. The fraction of sp³-hybridized carbons (Fsp3) is 0.714. The number of hydrogen-bond acceptors (Lipinski definition) is 4. The van der Waals surface area contributed by atoms with Crippen LogP contribution in [0.2, 0.25) is 0 Å². The number of nitrogens with one attached hydrogen (secondary N) is 1.